The van der Waals surface area contributed by atoms with Crippen molar-refractivity contribution in [1.29, 1.82) is 0 Å². The van der Waals surface area contributed by atoms with Crippen LogP contribution in [0.2, 0.25) is 0 Å². The Balaban J connectivity index is 0.982. The summed E-state index contributed by atoms with van der Waals surface area (Å²) in [6.07, 6.45) is 12.3. The molecule has 17 nitrogen and oxygen atoms in total. The third kappa shape index (κ3) is 18.1. The van der Waals surface area contributed by atoms with Crippen LogP contribution in [0.3, 0.4) is 0 Å². The Kier molecular flexibility index (Phi) is 22.4. The van der Waals surface area contributed by atoms with Crippen LogP contribution in [0.4, 0.5) is 0 Å². The second-order valence-corrected chi connectivity index (χ2v) is 17.1. The van der Waals surface area contributed by atoms with Crippen LogP contribution in [0.1, 0.15) is 113 Å². The molecule has 3 aromatic rings. The quantitative estimate of drug-likeness (QED) is 0.0139. The monoisotopic (exact) mass is 968 g/mol. The second kappa shape index (κ2) is 29.1. The number of unbranched alkanes of at least 4 members (excludes halogenated alkanes) is 6. The summed E-state index contributed by atoms with van der Waals surface area (Å²) in [6.45, 7) is 8.51. The molecule has 3 aromatic carbocycles. The molecule has 17 heteroatoms. The molecule has 2 fully saturated rings. The molecule has 3 N–H and O–H groups in total. The number of amides is 1. The Bertz CT molecular complexity index is 2230. The molecule has 5 rings (SSSR count). The molecule has 0 aromatic heterocycles. The lowest BCUT2D eigenvalue weighted by Gasteiger charge is -2.26. The van der Waals surface area contributed by atoms with Gasteiger partial charge in [-0.1, -0.05) is 13.2 Å². The van der Waals surface area contributed by atoms with Gasteiger partial charge < -0.3 is 37.9 Å². The number of rotatable bonds is 27. The largest absolute Gasteiger partial charge is 0.494 e. The Hall–Kier alpha value is -7.01. The number of hydrogen-bond acceptors (Lipinski definition) is 16. The maximum atomic E-state index is 13.3. The number of carbonyl (C=O) groups is 7. The first-order valence-corrected chi connectivity index (χ1v) is 24.0. The summed E-state index contributed by atoms with van der Waals surface area (Å²) in [5, 5.41) is 0. The maximum absolute atomic E-state index is 13.3. The van der Waals surface area contributed by atoms with Gasteiger partial charge in [-0.05, 0) is 169 Å². The van der Waals surface area contributed by atoms with E-state index < -0.39 is 59.4 Å². The van der Waals surface area contributed by atoms with Crippen molar-refractivity contribution in [2.24, 2.45) is 29.5 Å². The maximum Gasteiger partial charge on any atom is 0.330 e. The highest BCUT2D eigenvalue weighted by atomic mass is 16.6. The number of esters is 6. The fourth-order valence-corrected chi connectivity index (χ4v) is 8.00. The summed E-state index contributed by atoms with van der Waals surface area (Å²) in [6, 6.07) is 17.7. The highest BCUT2D eigenvalue weighted by molar-refractivity contribution is 5.98. The number of carbonyl (C=O) groups excluding carboxylic acids is 7. The van der Waals surface area contributed by atoms with Crippen LogP contribution in [0, 0.1) is 23.7 Å². The molecule has 2 saturated carbocycles. The molecule has 0 heterocycles. The standard InChI is InChI=1S/C53H64N2O15/c1-3-47(56)65-33-11-7-5-9-31-63-40-21-25-42(26-22-40)67-50(59)36-13-15-38(16-14-36)52(61)69-44-29-30-46(45(35-44)49(58)55-54)70-53(62)39-19-17-37(18-20-39)51(60)68-43-27-23-41(24-28-43)64-32-10-6-8-12-34-66-48(57)4-2/h3-4,21-30,35-39H,1-2,5-20,31-34,54H2,(H,55,58). The van der Waals surface area contributed by atoms with Crippen molar-refractivity contribution in [1.82, 2.24) is 5.43 Å². The highest BCUT2D eigenvalue weighted by Gasteiger charge is 2.34. The number of hydrogen-bond donors (Lipinski definition) is 2. The van der Waals surface area contributed by atoms with Gasteiger partial charge in [-0.15, -0.1) is 0 Å². The van der Waals surface area contributed by atoms with Gasteiger partial charge in [0.2, 0.25) is 0 Å². The molecule has 0 bridgehead atoms. The Morgan fingerprint density at radius 2 is 0.786 bits per heavy atom. The van der Waals surface area contributed by atoms with Crippen molar-refractivity contribution in [3.05, 3.63) is 97.6 Å². The first-order valence-electron chi connectivity index (χ1n) is 24.0. The molecule has 0 radical (unpaired) electrons. The number of nitrogens with two attached hydrogens (primary N) is 1. The summed E-state index contributed by atoms with van der Waals surface area (Å²) in [7, 11) is 0. The van der Waals surface area contributed by atoms with Crippen LogP contribution in [-0.2, 0) is 38.2 Å². The predicted molar refractivity (Wildman–Crippen MR) is 255 cm³/mol. The first kappa shape index (κ1) is 53.9. The lowest BCUT2D eigenvalue weighted by molar-refractivity contribution is -0.145. The molecule has 2 aliphatic carbocycles. The molecule has 0 aliphatic heterocycles. The molecule has 0 atom stereocenters. The van der Waals surface area contributed by atoms with Gasteiger partial charge >= 0.3 is 35.8 Å². The fourth-order valence-electron chi connectivity index (χ4n) is 8.00. The van der Waals surface area contributed by atoms with Gasteiger partial charge in [0.1, 0.15) is 34.5 Å². The minimum atomic E-state index is -0.765. The van der Waals surface area contributed by atoms with Gasteiger partial charge in [-0.3, -0.25) is 29.4 Å². The van der Waals surface area contributed by atoms with E-state index in [0.717, 1.165) is 63.5 Å². The summed E-state index contributed by atoms with van der Waals surface area (Å²) in [5.74, 6) is 2.18. The first-order chi connectivity index (χ1) is 34.0. The average molecular weight is 969 g/mol. The van der Waals surface area contributed by atoms with Crippen LogP contribution in [0.15, 0.2) is 92.0 Å². The van der Waals surface area contributed by atoms with E-state index in [1.807, 2.05) is 5.43 Å². The minimum Gasteiger partial charge on any atom is -0.494 e. The Labute approximate surface area is 408 Å². The zero-order valence-electron chi connectivity index (χ0n) is 39.6. The van der Waals surface area contributed by atoms with E-state index >= 15 is 0 Å². The minimum absolute atomic E-state index is 0.0521. The third-order valence-corrected chi connectivity index (χ3v) is 12.1. The van der Waals surface area contributed by atoms with Gasteiger partial charge in [-0.2, -0.15) is 0 Å². The predicted octanol–water partition coefficient (Wildman–Crippen LogP) is 8.26. The zero-order chi connectivity index (χ0) is 50.1. The number of nitrogens with one attached hydrogen (secondary N) is 1. The van der Waals surface area contributed by atoms with E-state index in [1.165, 1.54) is 18.2 Å². The number of nitrogen functional groups attached to an aromatic ring is 1. The molecule has 0 spiro atoms. The molecule has 0 saturated heterocycles. The van der Waals surface area contributed by atoms with E-state index in [1.54, 1.807) is 48.5 Å². The normalized spacial score (nSPS) is 17.4. The van der Waals surface area contributed by atoms with Crippen molar-refractivity contribution < 1.29 is 71.5 Å². The van der Waals surface area contributed by atoms with Crippen molar-refractivity contribution in [2.75, 3.05) is 26.4 Å². The molecular weight excluding hydrogens is 905 g/mol. The smallest absolute Gasteiger partial charge is 0.330 e. The third-order valence-electron chi connectivity index (χ3n) is 12.1. The summed E-state index contributed by atoms with van der Waals surface area (Å²) < 4.78 is 44.1. The number of hydrazine groups is 1. The van der Waals surface area contributed by atoms with E-state index in [2.05, 4.69) is 13.2 Å². The van der Waals surface area contributed by atoms with Gasteiger partial charge in [-0.25, -0.2) is 15.4 Å². The molecule has 70 heavy (non-hydrogen) atoms. The summed E-state index contributed by atoms with van der Waals surface area (Å²) >= 11 is 0. The van der Waals surface area contributed by atoms with Gasteiger partial charge in [0.05, 0.1) is 55.7 Å². The van der Waals surface area contributed by atoms with E-state index in [4.69, 9.17) is 43.7 Å². The Morgan fingerprint density at radius 1 is 0.457 bits per heavy atom. The van der Waals surface area contributed by atoms with Crippen LogP contribution in [0.5, 0.6) is 34.5 Å². The topological polar surface area (TPSA) is 231 Å². The van der Waals surface area contributed by atoms with Crippen LogP contribution >= 0.6 is 0 Å². The molecule has 2 aliphatic rings. The number of ether oxygens (including phenoxy) is 8. The van der Waals surface area contributed by atoms with Crippen molar-refractivity contribution >= 4 is 41.7 Å². The molecule has 1 amide bonds. The van der Waals surface area contributed by atoms with E-state index in [9.17, 15) is 33.6 Å². The van der Waals surface area contributed by atoms with Crippen molar-refractivity contribution in [3.63, 3.8) is 0 Å². The van der Waals surface area contributed by atoms with Crippen molar-refractivity contribution in [2.45, 2.75) is 103 Å². The van der Waals surface area contributed by atoms with Crippen LogP contribution in [-0.4, -0.2) is 68.2 Å². The summed E-state index contributed by atoms with van der Waals surface area (Å²) in [4.78, 5) is 87.5. The molecule has 0 unspecified atom stereocenters. The second-order valence-electron chi connectivity index (χ2n) is 17.1. The SMILES string of the molecule is C=CC(=O)OCCCCCCOc1ccc(OC(=O)C2CCC(C(=O)Oc3ccc(OC(=O)C4CCC(C(=O)Oc5ccc(OCCCCCCOC(=O)C=C)cc5)CC4)c(C(=O)NN)c3)CC2)cc1. The lowest BCUT2D eigenvalue weighted by atomic mass is 9.82. The van der Waals surface area contributed by atoms with Crippen LogP contribution in [0.25, 0.3) is 0 Å². The van der Waals surface area contributed by atoms with Crippen molar-refractivity contribution in [3.8, 4) is 34.5 Å². The Morgan fingerprint density at radius 3 is 1.16 bits per heavy atom. The lowest BCUT2D eigenvalue weighted by Crippen LogP contribution is -2.32. The molecule has 376 valence electrons. The zero-order valence-corrected chi connectivity index (χ0v) is 39.6. The molecular formula is C53H64N2O15. The van der Waals surface area contributed by atoms with Gasteiger partial charge in [0.25, 0.3) is 5.91 Å². The van der Waals surface area contributed by atoms with Crippen LogP contribution < -0.4 is 39.7 Å². The van der Waals surface area contributed by atoms with Gasteiger partial charge in [0, 0.05) is 12.2 Å². The number of benzene rings is 3. The average Bonchev–Trinajstić information content (AvgIpc) is 3.38. The van der Waals surface area contributed by atoms with Gasteiger partial charge in [0.15, 0.2) is 0 Å². The summed E-state index contributed by atoms with van der Waals surface area (Å²) in [5.41, 5.74) is 1.92. The van der Waals surface area contributed by atoms with E-state index in [-0.39, 0.29) is 23.0 Å². The van der Waals surface area contributed by atoms with E-state index in [0.29, 0.717) is 101 Å². The fraction of sp³-hybridized carbons (Fsp3) is 0.453. The highest BCUT2D eigenvalue weighted by Crippen LogP contribution is 2.35.